The highest BCUT2D eigenvalue weighted by Crippen LogP contribution is 2.19. The molecule has 23 heavy (non-hydrogen) atoms. The van der Waals surface area contributed by atoms with Gasteiger partial charge in [-0.05, 0) is 25.1 Å². The van der Waals surface area contributed by atoms with Gasteiger partial charge >= 0.3 is 0 Å². The third-order valence-corrected chi connectivity index (χ3v) is 4.27. The molecule has 0 bridgehead atoms. The summed E-state index contributed by atoms with van der Waals surface area (Å²) in [5, 5.41) is 4.11. The number of aryl methyl sites for hydroxylation is 2. The Hall–Kier alpha value is -1.92. The van der Waals surface area contributed by atoms with E-state index in [2.05, 4.69) is 33.1 Å². The van der Waals surface area contributed by atoms with Crippen molar-refractivity contribution in [3.8, 4) is 5.75 Å². The zero-order chi connectivity index (χ0) is 16.1. The molecular weight excluding hydrogens is 292 g/mol. The number of nitrogens with zero attached hydrogens (tertiary/aromatic N) is 4. The molecule has 0 atom stereocenters. The van der Waals surface area contributed by atoms with E-state index in [4.69, 9.17) is 9.26 Å². The minimum Gasteiger partial charge on any atom is -0.496 e. The van der Waals surface area contributed by atoms with Crippen molar-refractivity contribution in [1.29, 1.82) is 0 Å². The van der Waals surface area contributed by atoms with Crippen molar-refractivity contribution in [2.24, 2.45) is 0 Å². The normalized spacial score (nSPS) is 16.6. The number of ether oxygens (including phenoxy) is 1. The van der Waals surface area contributed by atoms with E-state index < -0.39 is 0 Å². The minimum atomic E-state index is 0.694. The average molecular weight is 316 g/mol. The molecule has 1 aromatic carbocycles. The molecule has 0 amide bonds. The lowest BCUT2D eigenvalue weighted by Crippen LogP contribution is -2.44. The van der Waals surface area contributed by atoms with Crippen molar-refractivity contribution < 1.29 is 9.26 Å². The largest absolute Gasteiger partial charge is 0.496 e. The van der Waals surface area contributed by atoms with Crippen molar-refractivity contribution in [3.63, 3.8) is 0 Å². The Labute approximate surface area is 137 Å². The maximum atomic E-state index is 5.38. The van der Waals surface area contributed by atoms with E-state index in [9.17, 15) is 0 Å². The number of methoxy groups -OCH3 is 1. The van der Waals surface area contributed by atoms with Crippen LogP contribution in [-0.4, -0.2) is 60.3 Å². The molecule has 3 rings (SSSR count). The quantitative estimate of drug-likeness (QED) is 0.807. The summed E-state index contributed by atoms with van der Waals surface area (Å²) >= 11 is 0. The van der Waals surface area contributed by atoms with Gasteiger partial charge in [-0.25, -0.2) is 0 Å². The fourth-order valence-corrected chi connectivity index (χ4v) is 2.81. The molecular formula is C17H24N4O2. The van der Waals surface area contributed by atoms with Crippen LogP contribution in [0.1, 0.15) is 17.3 Å². The number of rotatable bonds is 6. The standard InChI is InChI=1S/C17H24N4O2/c1-20-9-11-21(12-10-20)13-16-18-17(23-19-16)8-7-14-5-3-4-6-15(14)22-2/h3-6H,7-13H2,1-2H3. The molecule has 2 heterocycles. The molecule has 0 saturated carbocycles. The van der Waals surface area contributed by atoms with Crippen LogP contribution in [0.3, 0.4) is 0 Å². The summed E-state index contributed by atoms with van der Waals surface area (Å²) in [7, 11) is 3.85. The first-order valence-electron chi connectivity index (χ1n) is 8.09. The van der Waals surface area contributed by atoms with Crippen LogP contribution in [-0.2, 0) is 19.4 Å². The predicted molar refractivity (Wildman–Crippen MR) is 87.5 cm³/mol. The minimum absolute atomic E-state index is 0.694. The van der Waals surface area contributed by atoms with Gasteiger partial charge < -0.3 is 14.2 Å². The maximum absolute atomic E-state index is 5.38. The first kappa shape index (κ1) is 16.0. The summed E-state index contributed by atoms with van der Waals surface area (Å²) in [4.78, 5) is 9.23. The van der Waals surface area contributed by atoms with Crippen LogP contribution < -0.4 is 4.74 Å². The lowest BCUT2D eigenvalue weighted by molar-refractivity contribution is 0.144. The second-order valence-electron chi connectivity index (χ2n) is 6.00. The summed E-state index contributed by atoms with van der Waals surface area (Å²) < 4.78 is 10.8. The van der Waals surface area contributed by atoms with Crippen molar-refractivity contribution in [1.82, 2.24) is 19.9 Å². The molecule has 0 aliphatic carbocycles. The maximum Gasteiger partial charge on any atom is 0.227 e. The fraction of sp³-hybridized carbons (Fsp3) is 0.529. The Morgan fingerprint density at radius 1 is 1.13 bits per heavy atom. The van der Waals surface area contributed by atoms with Gasteiger partial charge in [0.2, 0.25) is 5.89 Å². The van der Waals surface area contributed by atoms with E-state index in [1.165, 1.54) is 0 Å². The van der Waals surface area contributed by atoms with Gasteiger partial charge in [0.15, 0.2) is 5.82 Å². The number of hydrogen-bond acceptors (Lipinski definition) is 6. The first-order valence-corrected chi connectivity index (χ1v) is 8.09. The molecule has 0 radical (unpaired) electrons. The van der Waals surface area contributed by atoms with Crippen molar-refractivity contribution in [2.45, 2.75) is 19.4 Å². The Bertz CT molecular complexity index is 621. The Kier molecular flexibility index (Phi) is 5.25. The van der Waals surface area contributed by atoms with Crippen molar-refractivity contribution >= 4 is 0 Å². The van der Waals surface area contributed by atoms with E-state index in [1.54, 1.807) is 7.11 Å². The van der Waals surface area contributed by atoms with E-state index in [1.807, 2.05) is 18.2 Å². The highest BCUT2D eigenvalue weighted by atomic mass is 16.5. The van der Waals surface area contributed by atoms with Gasteiger partial charge in [-0.3, -0.25) is 4.90 Å². The van der Waals surface area contributed by atoms with Crippen LogP contribution in [0.25, 0.3) is 0 Å². The van der Waals surface area contributed by atoms with E-state index >= 15 is 0 Å². The van der Waals surface area contributed by atoms with Gasteiger partial charge in [-0.2, -0.15) is 4.98 Å². The highest BCUT2D eigenvalue weighted by Gasteiger charge is 2.16. The summed E-state index contributed by atoms with van der Waals surface area (Å²) in [5.41, 5.74) is 1.16. The molecule has 0 unspecified atom stereocenters. The SMILES string of the molecule is COc1ccccc1CCc1nc(CN2CCN(C)CC2)no1. The Morgan fingerprint density at radius 3 is 2.70 bits per heavy atom. The van der Waals surface area contributed by atoms with Crippen LogP contribution in [0.15, 0.2) is 28.8 Å². The summed E-state index contributed by atoms with van der Waals surface area (Å²) in [6.45, 7) is 5.08. The monoisotopic (exact) mass is 316 g/mol. The number of para-hydroxylation sites is 1. The molecule has 6 nitrogen and oxygen atoms in total. The second-order valence-corrected chi connectivity index (χ2v) is 6.00. The van der Waals surface area contributed by atoms with Gasteiger partial charge in [0.25, 0.3) is 0 Å². The lowest BCUT2D eigenvalue weighted by atomic mass is 10.1. The van der Waals surface area contributed by atoms with Gasteiger partial charge in [0.1, 0.15) is 5.75 Å². The molecule has 1 aromatic heterocycles. The number of likely N-dealkylation sites (N-methyl/N-ethyl adjacent to an activating group) is 1. The van der Waals surface area contributed by atoms with Crippen LogP contribution in [0.4, 0.5) is 0 Å². The Morgan fingerprint density at radius 2 is 1.91 bits per heavy atom. The molecule has 6 heteroatoms. The highest BCUT2D eigenvalue weighted by molar-refractivity contribution is 5.33. The molecule has 1 aliphatic heterocycles. The first-order chi connectivity index (χ1) is 11.2. The topological polar surface area (TPSA) is 54.6 Å². The zero-order valence-electron chi connectivity index (χ0n) is 13.9. The molecule has 1 saturated heterocycles. The Balaban J connectivity index is 1.53. The van der Waals surface area contributed by atoms with Crippen molar-refractivity contribution in [3.05, 3.63) is 41.5 Å². The van der Waals surface area contributed by atoms with Crippen LogP contribution in [0.2, 0.25) is 0 Å². The fourth-order valence-electron chi connectivity index (χ4n) is 2.81. The third-order valence-electron chi connectivity index (χ3n) is 4.27. The number of piperazine rings is 1. The van der Waals surface area contributed by atoms with Crippen molar-refractivity contribution in [2.75, 3.05) is 40.3 Å². The van der Waals surface area contributed by atoms with Crippen LogP contribution in [0, 0.1) is 0 Å². The summed E-state index contributed by atoms with van der Waals surface area (Å²) in [5.74, 6) is 2.38. The predicted octanol–water partition coefficient (Wildman–Crippen LogP) is 1.61. The molecule has 1 fully saturated rings. The third kappa shape index (κ3) is 4.30. The average Bonchev–Trinajstić information content (AvgIpc) is 3.03. The molecule has 0 spiro atoms. The molecule has 1 aliphatic rings. The van der Waals surface area contributed by atoms with E-state index in [0.29, 0.717) is 5.89 Å². The molecule has 124 valence electrons. The second kappa shape index (κ2) is 7.57. The van der Waals surface area contributed by atoms with Crippen LogP contribution in [0.5, 0.6) is 5.75 Å². The van der Waals surface area contributed by atoms with E-state index in [-0.39, 0.29) is 0 Å². The van der Waals surface area contributed by atoms with Gasteiger partial charge in [-0.15, -0.1) is 0 Å². The van der Waals surface area contributed by atoms with Gasteiger partial charge in [0.05, 0.1) is 13.7 Å². The molecule has 0 N–H and O–H groups in total. The lowest BCUT2D eigenvalue weighted by Gasteiger charge is -2.31. The molecule has 2 aromatic rings. The van der Waals surface area contributed by atoms with Gasteiger partial charge in [-0.1, -0.05) is 23.4 Å². The van der Waals surface area contributed by atoms with E-state index in [0.717, 1.165) is 62.7 Å². The zero-order valence-corrected chi connectivity index (χ0v) is 13.9. The number of benzene rings is 1. The van der Waals surface area contributed by atoms with Gasteiger partial charge in [0, 0.05) is 32.6 Å². The smallest absolute Gasteiger partial charge is 0.227 e. The number of hydrogen-bond donors (Lipinski definition) is 0. The number of aromatic nitrogens is 2. The van der Waals surface area contributed by atoms with Crippen LogP contribution >= 0.6 is 0 Å². The summed E-state index contributed by atoms with van der Waals surface area (Å²) in [6.07, 6.45) is 1.57. The summed E-state index contributed by atoms with van der Waals surface area (Å²) in [6, 6.07) is 8.04.